The van der Waals surface area contributed by atoms with Gasteiger partial charge in [0, 0.05) is 43.0 Å². The summed E-state index contributed by atoms with van der Waals surface area (Å²) >= 11 is 0. The number of aromatic nitrogens is 4. The Morgan fingerprint density at radius 1 is 1.26 bits per heavy atom. The van der Waals surface area contributed by atoms with Gasteiger partial charge in [-0.25, -0.2) is 9.78 Å². The number of carboxylic acids is 1. The molecule has 0 aliphatic carbocycles. The van der Waals surface area contributed by atoms with Gasteiger partial charge in [-0.2, -0.15) is 5.10 Å². The number of H-pyrrole nitrogens is 1. The molecule has 35 heavy (non-hydrogen) atoms. The number of amides is 2. The smallest absolute Gasteiger partial charge is 0.328 e. The van der Waals surface area contributed by atoms with Crippen molar-refractivity contribution in [3.63, 3.8) is 0 Å². The summed E-state index contributed by atoms with van der Waals surface area (Å²) in [6.07, 6.45) is 8.99. The Labute approximate surface area is 202 Å². The van der Waals surface area contributed by atoms with E-state index in [1.165, 1.54) is 4.90 Å². The van der Waals surface area contributed by atoms with E-state index in [1.54, 1.807) is 30.7 Å². The quantitative estimate of drug-likeness (QED) is 0.150. The van der Waals surface area contributed by atoms with Gasteiger partial charge in [0.25, 0.3) is 0 Å². The Bertz CT molecular complexity index is 1100. The molecule has 0 saturated heterocycles. The van der Waals surface area contributed by atoms with Crippen LogP contribution in [0.4, 0.5) is 11.6 Å². The zero-order valence-electron chi connectivity index (χ0n) is 19.5. The largest absolute Gasteiger partial charge is 0.480 e. The summed E-state index contributed by atoms with van der Waals surface area (Å²) in [5.74, 6) is -0.848. The molecule has 0 saturated carbocycles. The number of benzene rings is 1. The summed E-state index contributed by atoms with van der Waals surface area (Å²) in [6, 6.07) is 4.15. The molecule has 0 aliphatic heterocycles. The topological polar surface area (TPSA) is 171 Å². The van der Waals surface area contributed by atoms with E-state index in [4.69, 9.17) is 5.73 Å². The van der Waals surface area contributed by atoms with Crippen molar-refractivity contribution >= 4 is 40.8 Å². The number of nitrogens with zero attached hydrogens (tertiary/aromatic N) is 4. The number of rotatable bonds is 16. The van der Waals surface area contributed by atoms with Crippen LogP contribution in [-0.2, 0) is 20.9 Å². The lowest BCUT2D eigenvalue weighted by Crippen LogP contribution is -2.48. The van der Waals surface area contributed by atoms with Crippen LogP contribution in [0.2, 0.25) is 0 Å². The average molecular weight is 485 g/mol. The van der Waals surface area contributed by atoms with Crippen LogP contribution in [0.3, 0.4) is 0 Å². The molecule has 6 N–H and O–H groups in total. The Morgan fingerprint density at radius 3 is 2.83 bits per heavy atom. The molecular weight excluding hydrogens is 452 g/mol. The molecule has 0 bridgehead atoms. The molecule has 0 radical (unpaired) electrons. The number of fused-ring (bicyclic) bond motifs is 1. The number of carboxylic acid groups (broad SMARTS) is 1. The maximum atomic E-state index is 12.1. The van der Waals surface area contributed by atoms with E-state index < -0.39 is 12.0 Å². The van der Waals surface area contributed by atoms with E-state index in [-0.39, 0.29) is 18.9 Å². The number of hydrogen-bond donors (Lipinski definition) is 5. The Morgan fingerprint density at radius 2 is 2.11 bits per heavy atom. The van der Waals surface area contributed by atoms with E-state index in [9.17, 15) is 19.5 Å². The SMILES string of the molecule is NCCCCCC(=O)NC(CN(C=O)c1ccc2c(cnn2CCCNc2ncc[nH]2)c1)C(=O)O. The molecule has 1 atom stereocenters. The fourth-order valence-electron chi connectivity index (χ4n) is 3.69. The van der Waals surface area contributed by atoms with Crippen LogP contribution in [0.5, 0.6) is 0 Å². The standard InChI is InChI=1S/C23H32N8O4/c24-8-3-1-2-5-21(33)29-19(22(34)35)15-30(16-32)18-6-7-20-17(13-18)14-28-31(20)12-4-9-25-23-26-10-11-27-23/h6-7,10-11,13-14,16,19H,1-5,8-9,12,15,24H2,(H,29,33)(H,34,35)(H2,25,26,27). The van der Waals surface area contributed by atoms with Gasteiger partial charge in [0.1, 0.15) is 6.04 Å². The first-order valence-corrected chi connectivity index (χ1v) is 11.6. The molecule has 0 spiro atoms. The summed E-state index contributed by atoms with van der Waals surface area (Å²) in [7, 11) is 0. The maximum absolute atomic E-state index is 12.1. The fourth-order valence-corrected chi connectivity index (χ4v) is 3.69. The number of aromatic amines is 1. The zero-order chi connectivity index (χ0) is 25.0. The van der Waals surface area contributed by atoms with Crippen LogP contribution in [0.25, 0.3) is 10.9 Å². The summed E-state index contributed by atoms with van der Waals surface area (Å²) in [5, 5.41) is 20.5. The molecule has 188 valence electrons. The molecule has 0 fully saturated rings. The molecule has 0 aliphatic rings. The molecule has 1 aromatic carbocycles. The number of hydrogen-bond acceptors (Lipinski definition) is 7. The highest BCUT2D eigenvalue weighted by molar-refractivity contribution is 5.88. The van der Waals surface area contributed by atoms with Gasteiger partial charge in [-0.1, -0.05) is 6.42 Å². The van der Waals surface area contributed by atoms with Crippen molar-refractivity contribution in [3.05, 3.63) is 36.8 Å². The van der Waals surface area contributed by atoms with Crippen LogP contribution in [0.1, 0.15) is 32.1 Å². The van der Waals surface area contributed by atoms with Gasteiger partial charge in [0.15, 0.2) is 5.95 Å². The summed E-state index contributed by atoms with van der Waals surface area (Å²) in [6.45, 7) is 1.78. The Hall–Kier alpha value is -3.93. The van der Waals surface area contributed by atoms with E-state index in [0.29, 0.717) is 31.6 Å². The van der Waals surface area contributed by atoms with Crippen molar-refractivity contribution in [2.24, 2.45) is 5.73 Å². The predicted molar refractivity (Wildman–Crippen MR) is 132 cm³/mol. The molecular formula is C23H32N8O4. The zero-order valence-corrected chi connectivity index (χ0v) is 19.5. The minimum atomic E-state index is -1.22. The first kappa shape index (κ1) is 25.7. The van der Waals surface area contributed by atoms with Crippen molar-refractivity contribution in [3.8, 4) is 0 Å². The van der Waals surface area contributed by atoms with Gasteiger partial charge < -0.3 is 31.4 Å². The van der Waals surface area contributed by atoms with E-state index >= 15 is 0 Å². The summed E-state index contributed by atoms with van der Waals surface area (Å²) in [5.41, 5.74) is 6.87. The predicted octanol–water partition coefficient (Wildman–Crippen LogP) is 1.31. The molecule has 2 amide bonds. The van der Waals surface area contributed by atoms with Crippen LogP contribution >= 0.6 is 0 Å². The van der Waals surface area contributed by atoms with Gasteiger partial charge in [-0.05, 0) is 44.0 Å². The normalized spacial score (nSPS) is 11.8. The number of anilines is 2. The number of nitrogens with two attached hydrogens (primary N) is 1. The van der Waals surface area contributed by atoms with Crippen molar-refractivity contribution in [2.45, 2.75) is 44.7 Å². The van der Waals surface area contributed by atoms with Gasteiger partial charge in [0.2, 0.25) is 12.3 Å². The van der Waals surface area contributed by atoms with Gasteiger partial charge in [-0.3, -0.25) is 14.3 Å². The van der Waals surface area contributed by atoms with Crippen LogP contribution in [0, 0.1) is 0 Å². The molecule has 2 aromatic heterocycles. The molecule has 12 nitrogen and oxygen atoms in total. The Kier molecular flexibility index (Phi) is 9.60. The van der Waals surface area contributed by atoms with Crippen LogP contribution in [0.15, 0.2) is 36.8 Å². The number of carbonyl (C=O) groups excluding carboxylic acids is 2. The average Bonchev–Trinajstić information content (AvgIpc) is 3.51. The van der Waals surface area contributed by atoms with Gasteiger partial charge in [0.05, 0.1) is 18.3 Å². The van der Waals surface area contributed by atoms with Crippen LogP contribution in [-0.4, -0.2) is 68.8 Å². The van der Waals surface area contributed by atoms with Crippen LogP contribution < -0.4 is 21.3 Å². The number of unbranched alkanes of at least 4 members (excludes halogenated alkanes) is 2. The fraction of sp³-hybridized carbons (Fsp3) is 0.435. The van der Waals surface area contributed by atoms with Crippen molar-refractivity contribution in [2.75, 3.05) is 29.9 Å². The third kappa shape index (κ3) is 7.54. The van der Waals surface area contributed by atoms with Gasteiger partial charge >= 0.3 is 5.97 Å². The van der Waals surface area contributed by atoms with E-state index in [1.807, 2.05) is 10.7 Å². The van der Waals surface area contributed by atoms with E-state index in [0.717, 1.165) is 42.7 Å². The second-order valence-corrected chi connectivity index (χ2v) is 8.14. The van der Waals surface area contributed by atoms with E-state index in [2.05, 4.69) is 25.7 Å². The lowest BCUT2D eigenvalue weighted by Gasteiger charge is -2.23. The summed E-state index contributed by atoms with van der Waals surface area (Å²) < 4.78 is 1.87. The maximum Gasteiger partial charge on any atom is 0.328 e. The van der Waals surface area contributed by atoms with Gasteiger partial charge in [-0.15, -0.1) is 0 Å². The monoisotopic (exact) mass is 484 g/mol. The highest BCUT2D eigenvalue weighted by atomic mass is 16.4. The minimum absolute atomic E-state index is 0.189. The third-order valence-corrected chi connectivity index (χ3v) is 5.54. The number of imidazole rings is 1. The number of carbonyl (C=O) groups is 3. The number of aryl methyl sites for hydroxylation is 1. The molecule has 1 unspecified atom stereocenters. The second-order valence-electron chi connectivity index (χ2n) is 8.14. The molecule has 3 aromatic rings. The minimum Gasteiger partial charge on any atom is -0.480 e. The molecule has 2 heterocycles. The lowest BCUT2D eigenvalue weighted by molar-refractivity contribution is -0.141. The number of nitrogens with one attached hydrogen (secondary N) is 3. The van der Waals surface area contributed by atoms with Crippen molar-refractivity contribution in [1.82, 2.24) is 25.1 Å². The molecule has 3 rings (SSSR count). The highest BCUT2D eigenvalue weighted by Gasteiger charge is 2.23. The number of aliphatic carboxylic acids is 1. The highest BCUT2D eigenvalue weighted by Crippen LogP contribution is 2.22. The first-order chi connectivity index (χ1) is 17.0. The Balaban J connectivity index is 1.58. The second kappa shape index (κ2) is 13.1. The lowest BCUT2D eigenvalue weighted by atomic mass is 10.1. The summed E-state index contributed by atoms with van der Waals surface area (Å²) in [4.78, 5) is 44.0. The third-order valence-electron chi connectivity index (χ3n) is 5.54. The molecule has 12 heteroatoms. The first-order valence-electron chi connectivity index (χ1n) is 11.6. The van der Waals surface area contributed by atoms with Crippen molar-refractivity contribution < 1.29 is 19.5 Å². The van der Waals surface area contributed by atoms with Crippen molar-refractivity contribution in [1.29, 1.82) is 0 Å².